The van der Waals surface area contributed by atoms with Gasteiger partial charge in [0, 0.05) is 50.3 Å². The van der Waals surface area contributed by atoms with Crippen molar-refractivity contribution in [2.75, 3.05) is 0 Å². The summed E-state index contributed by atoms with van der Waals surface area (Å²) in [5, 5.41) is 29.7. The van der Waals surface area contributed by atoms with Gasteiger partial charge in [0.15, 0.2) is 0 Å². The Morgan fingerprint density at radius 1 is 1.36 bits per heavy atom. The number of rotatable bonds is 6. The predicted octanol–water partition coefficient (Wildman–Crippen LogP) is 0.936. The number of H-pyrrole nitrogens is 1. The van der Waals surface area contributed by atoms with Crippen LogP contribution in [0.25, 0.3) is 11.4 Å². The van der Waals surface area contributed by atoms with E-state index >= 15 is 0 Å². The smallest absolute Gasteiger partial charge is 0.110 e. The van der Waals surface area contributed by atoms with Crippen molar-refractivity contribution in [1.29, 1.82) is 0 Å². The van der Waals surface area contributed by atoms with Crippen LogP contribution in [0.2, 0.25) is 0 Å². The molecule has 0 spiro atoms. The lowest BCUT2D eigenvalue weighted by atomic mass is 10.1. The van der Waals surface area contributed by atoms with E-state index in [1.54, 1.807) is 10.9 Å². The molecular formula is C17H23N7O. The molecule has 4 rings (SSSR count). The fourth-order valence-corrected chi connectivity index (χ4v) is 3.62. The Bertz CT molecular complexity index is 807. The van der Waals surface area contributed by atoms with E-state index in [0.29, 0.717) is 12.5 Å². The zero-order chi connectivity index (χ0) is 17.2. The number of aryl methyl sites for hydroxylation is 1. The van der Waals surface area contributed by atoms with Crippen molar-refractivity contribution >= 4 is 0 Å². The van der Waals surface area contributed by atoms with Crippen LogP contribution in [0.4, 0.5) is 0 Å². The molecule has 0 aromatic carbocycles. The number of hydrogen-bond acceptors (Lipinski definition) is 5. The quantitative estimate of drug-likeness (QED) is 0.620. The average molecular weight is 341 g/mol. The van der Waals surface area contributed by atoms with E-state index in [-0.39, 0.29) is 12.1 Å². The molecule has 1 unspecified atom stereocenters. The van der Waals surface area contributed by atoms with E-state index in [2.05, 4.69) is 25.7 Å². The van der Waals surface area contributed by atoms with Gasteiger partial charge in [0.25, 0.3) is 0 Å². The zero-order valence-corrected chi connectivity index (χ0v) is 14.2. The fraction of sp³-hybridized carbons (Fsp3) is 0.471. The van der Waals surface area contributed by atoms with Crippen molar-refractivity contribution in [2.24, 2.45) is 13.0 Å². The molecule has 1 fully saturated rings. The highest BCUT2D eigenvalue weighted by atomic mass is 16.3. The van der Waals surface area contributed by atoms with Gasteiger partial charge in [0.05, 0.1) is 18.0 Å². The maximum atomic E-state index is 10.4. The molecule has 0 amide bonds. The van der Waals surface area contributed by atoms with E-state index in [1.807, 2.05) is 42.5 Å². The maximum absolute atomic E-state index is 10.4. The van der Waals surface area contributed by atoms with E-state index < -0.39 is 0 Å². The monoisotopic (exact) mass is 341 g/mol. The van der Waals surface area contributed by atoms with Gasteiger partial charge in [-0.1, -0.05) is 0 Å². The fourth-order valence-electron chi connectivity index (χ4n) is 3.62. The van der Waals surface area contributed by atoms with Gasteiger partial charge in [0.2, 0.25) is 0 Å². The summed E-state index contributed by atoms with van der Waals surface area (Å²) in [5.41, 5.74) is 2.86. The number of aliphatic hydroxyl groups is 1. The third-order valence-electron chi connectivity index (χ3n) is 4.87. The second-order valence-electron chi connectivity index (χ2n) is 6.77. The van der Waals surface area contributed by atoms with Crippen LogP contribution in [0.1, 0.15) is 18.4 Å². The van der Waals surface area contributed by atoms with Crippen LogP contribution < -0.4 is 5.32 Å². The number of nitrogens with one attached hydrogen (secondary N) is 2. The van der Waals surface area contributed by atoms with Crippen molar-refractivity contribution < 1.29 is 5.11 Å². The van der Waals surface area contributed by atoms with Crippen LogP contribution in [0.3, 0.4) is 0 Å². The molecule has 8 heteroatoms. The van der Waals surface area contributed by atoms with Gasteiger partial charge >= 0.3 is 0 Å². The first kappa shape index (κ1) is 16.0. The summed E-state index contributed by atoms with van der Waals surface area (Å²) >= 11 is 0. The Hall–Kier alpha value is -2.45. The lowest BCUT2D eigenvalue weighted by Gasteiger charge is -2.16. The van der Waals surface area contributed by atoms with Gasteiger partial charge in [0.1, 0.15) is 5.69 Å². The molecule has 0 saturated heterocycles. The van der Waals surface area contributed by atoms with Crippen LogP contribution in [-0.4, -0.2) is 47.0 Å². The van der Waals surface area contributed by atoms with Crippen molar-refractivity contribution in [1.82, 2.24) is 35.1 Å². The number of aliphatic hydroxyl groups excluding tert-OH is 1. The van der Waals surface area contributed by atoms with Gasteiger partial charge in [-0.25, -0.2) is 0 Å². The SMILES string of the molecule is Cn1ccc(-c2[nH]ncc2CN[C@@H]2CC(Cn3cccn3)C[C@H]2O)n1. The highest BCUT2D eigenvalue weighted by molar-refractivity contribution is 5.57. The molecular weight excluding hydrogens is 318 g/mol. The predicted molar refractivity (Wildman–Crippen MR) is 92.4 cm³/mol. The summed E-state index contributed by atoms with van der Waals surface area (Å²) in [6, 6.07) is 3.98. The first-order valence-corrected chi connectivity index (χ1v) is 8.60. The minimum absolute atomic E-state index is 0.0899. The molecule has 0 aliphatic heterocycles. The second kappa shape index (κ2) is 6.81. The van der Waals surface area contributed by atoms with Crippen LogP contribution in [0.5, 0.6) is 0 Å². The normalized spacial score (nSPS) is 23.4. The number of aromatic amines is 1. The van der Waals surface area contributed by atoms with Gasteiger partial charge in [-0.3, -0.25) is 14.5 Å². The summed E-state index contributed by atoms with van der Waals surface area (Å²) in [4.78, 5) is 0. The Morgan fingerprint density at radius 3 is 3.04 bits per heavy atom. The standard InChI is InChI=1S/C17H23N7O/c1-23-6-3-14(22-23)17-13(10-19-21-17)9-18-15-7-12(8-16(15)25)11-24-5-2-4-20-24/h2-6,10,12,15-16,18,25H,7-9,11H2,1H3,(H,19,21)/t12?,15-,16-/m1/s1. The van der Waals surface area contributed by atoms with Crippen molar-refractivity contribution in [3.8, 4) is 11.4 Å². The van der Waals surface area contributed by atoms with E-state index in [1.165, 1.54) is 0 Å². The molecule has 3 aromatic rings. The number of aromatic nitrogens is 6. The minimum Gasteiger partial charge on any atom is -0.391 e. The lowest BCUT2D eigenvalue weighted by Crippen LogP contribution is -2.35. The van der Waals surface area contributed by atoms with Crippen molar-refractivity contribution in [3.05, 3.63) is 42.5 Å². The maximum Gasteiger partial charge on any atom is 0.110 e. The Morgan fingerprint density at radius 2 is 2.28 bits per heavy atom. The highest BCUT2D eigenvalue weighted by Crippen LogP contribution is 2.28. The molecule has 25 heavy (non-hydrogen) atoms. The molecule has 8 nitrogen and oxygen atoms in total. The topological polar surface area (TPSA) is 96.6 Å². The molecule has 1 aliphatic rings. The molecule has 132 valence electrons. The van der Waals surface area contributed by atoms with Gasteiger partial charge in [-0.15, -0.1) is 0 Å². The van der Waals surface area contributed by atoms with Gasteiger partial charge in [-0.05, 0) is 30.9 Å². The summed E-state index contributed by atoms with van der Waals surface area (Å²) in [6.45, 7) is 1.51. The van der Waals surface area contributed by atoms with Crippen LogP contribution >= 0.6 is 0 Å². The molecule has 1 saturated carbocycles. The molecule has 3 N–H and O–H groups in total. The zero-order valence-electron chi connectivity index (χ0n) is 14.2. The highest BCUT2D eigenvalue weighted by Gasteiger charge is 2.33. The van der Waals surface area contributed by atoms with Gasteiger partial charge in [-0.2, -0.15) is 15.3 Å². The summed E-state index contributed by atoms with van der Waals surface area (Å²) in [7, 11) is 1.90. The van der Waals surface area contributed by atoms with Crippen LogP contribution in [-0.2, 0) is 20.1 Å². The summed E-state index contributed by atoms with van der Waals surface area (Å²) < 4.78 is 3.71. The molecule has 1 aliphatic carbocycles. The van der Waals surface area contributed by atoms with Crippen molar-refractivity contribution in [2.45, 2.75) is 38.1 Å². The van der Waals surface area contributed by atoms with Crippen LogP contribution in [0.15, 0.2) is 36.9 Å². The average Bonchev–Trinajstić information content (AvgIpc) is 3.34. The number of hydrogen-bond donors (Lipinski definition) is 3. The molecule has 0 radical (unpaired) electrons. The number of nitrogens with zero attached hydrogens (tertiary/aromatic N) is 5. The van der Waals surface area contributed by atoms with E-state index in [4.69, 9.17) is 0 Å². The van der Waals surface area contributed by atoms with Crippen molar-refractivity contribution in [3.63, 3.8) is 0 Å². The van der Waals surface area contributed by atoms with E-state index in [0.717, 1.165) is 36.3 Å². The Kier molecular flexibility index (Phi) is 4.37. The summed E-state index contributed by atoms with van der Waals surface area (Å²) in [5.74, 6) is 0.437. The Balaban J connectivity index is 1.36. The largest absolute Gasteiger partial charge is 0.391 e. The minimum atomic E-state index is -0.328. The third-order valence-corrected chi connectivity index (χ3v) is 4.87. The first-order chi connectivity index (χ1) is 12.2. The second-order valence-corrected chi connectivity index (χ2v) is 6.77. The van der Waals surface area contributed by atoms with Gasteiger partial charge < -0.3 is 10.4 Å². The van der Waals surface area contributed by atoms with Crippen LogP contribution in [0, 0.1) is 5.92 Å². The van der Waals surface area contributed by atoms with E-state index in [9.17, 15) is 5.11 Å². The molecule has 0 bridgehead atoms. The Labute approximate surface area is 145 Å². The molecule has 3 heterocycles. The first-order valence-electron chi connectivity index (χ1n) is 8.60. The molecule has 3 aromatic heterocycles. The molecule has 3 atom stereocenters. The third kappa shape index (κ3) is 3.49. The lowest BCUT2D eigenvalue weighted by molar-refractivity contribution is 0.145. The summed E-state index contributed by atoms with van der Waals surface area (Å²) in [6.07, 6.45) is 8.91.